The van der Waals surface area contributed by atoms with Gasteiger partial charge in [-0.05, 0) is 78.4 Å². The van der Waals surface area contributed by atoms with Crippen LogP contribution in [0.5, 0.6) is 11.5 Å². The van der Waals surface area contributed by atoms with Crippen molar-refractivity contribution in [2.75, 3.05) is 0 Å². The molecule has 1 nitrogen and oxygen atoms in total. The first-order valence-electron chi connectivity index (χ1n) is 8.90. The minimum absolute atomic E-state index is 0.247. The summed E-state index contributed by atoms with van der Waals surface area (Å²) in [6, 6.07) is 20.8. The number of rotatable bonds is 7. The van der Waals surface area contributed by atoms with Crippen molar-refractivity contribution in [2.24, 2.45) is 0 Å². The van der Waals surface area contributed by atoms with E-state index in [0.717, 1.165) is 17.9 Å². The Bertz CT molecular complexity index is 802. The molecule has 0 radical (unpaired) electrons. The number of hydrogen-bond donors (Lipinski definition) is 0. The Morgan fingerprint density at radius 3 is 2.40 bits per heavy atom. The third kappa shape index (κ3) is 4.96. The molecule has 0 saturated heterocycles. The molecular weight excluding hydrogens is 324 g/mol. The largest absolute Gasteiger partial charge is 0.457 e. The average molecular weight is 351 g/mol. The summed E-state index contributed by atoms with van der Waals surface area (Å²) in [5, 5.41) is 2.25. The van der Waals surface area contributed by atoms with Gasteiger partial charge in [-0.3, -0.25) is 0 Å². The average Bonchev–Trinajstić information content (AvgIpc) is 3.03. The molecule has 0 fully saturated rings. The molecule has 130 valence electrons. The quantitative estimate of drug-likeness (QED) is 0.439. The molecule has 0 amide bonds. The van der Waals surface area contributed by atoms with Crippen LogP contribution >= 0.6 is 11.3 Å². The van der Waals surface area contributed by atoms with Crippen molar-refractivity contribution in [3.8, 4) is 11.5 Å². The van der Waals surface area contributed by atoms with Crippen molar-refractivity contribution in [1.82, 2.24) is 0 Å². The highest BCUT2D eigenvalue weighted by Crippen LogP contribution is 2.33. The van der Waals surface area contributed by atoms with E-state index < -0.39 is 0 Å². The molecule has 0 aliphatic rings. The highest BCUT2D eigenvalue weighted by molar-refractivity contribution is 7.10. The molecule has 0 aliphatic carbocycles. The monoisotopic (exact) mass is 350 g/mol. The fourth-order valence-corrected chi connectivity index (χ4v) is 4.09. The number of ether oxygens (including phenoxy) is 1. The van der Waals surface area contributed by atoms with Crippen LogP contribution in [0.25, 0.3) is 0 Å². The Kier molecular flexibility index (Phi) is 5.60. The molecule has 3 rings (SSSR count). The molecule has 0 atom stereocenters. The fourth-order valence-electron chi connectivity index (χ4n) is 3.03. The van der Waals surface area contributed by atoms with Gasteiger partial charge >= 0.3 is 0 Å². The van der Waals surface area contributed by atoms with Crippen molar-refractivity contribution in [2.45, 2.75) is 45.4 Å². The maximum absolute atomic E-state index is 5.94. The van der Waals surface area contributed by atoms with Gasteiger partial charge in [0.25, 0.3) is 0 Å². The lowest BCUT2D eigenvalue weighted by atomic mass is 9.85. The maximum Gasteiger partial charge on any atom is 0.127 e. The van der Waals surface area contributed by atoms with Crippen molar-refractivity contribution in [1.29, 1.82) is 0 Å². The predicted molar refractivity (Wildman–Crippen MR) is 108 cm³/mol. The summed E-state index contributed by atoms with van der Waals surface area (Å²) in [6.45, 7) is 6.88. The van der Waals surface area contributed by atoms with Gasteiger partial charge in [0.1, 0.15) is 11.5 Å². The first-order valence-corrected chi connectivity index (χ1v) is 9.78. The summed E-state index contributed by atoms with van der Waals surface area (Å²) in [6.07, 6.45) is 3.45. The van der Waals surface area contributed by atoms with E-state index in [1.807, 2.05) is 47.7 Å². The molecule has 1 aromatic heterocycles. The lowest BCUT2D eigenvalue weighted by Crippen LogP contribution is -2.15. The van der Waals surface area contributed by atoms with Gasteiger partial charge in [-0.15, -0.1) is 11.3 Å². The van der Waals surface area contributed by atoms with Crippen LogP contribution in [0.3, 0.4) is 0 Å². The first-order chi connectivity index (χ1) is 12.0. The van der Waals surface area contributed by atoms with Crippen LogP contribution in [-0.2, 0) is 11.8 Å². The smallest absolute Gasteiger partial charge is 0.127 e. The van der Waals surface area contributed by atoms with Gasteiger partial charge < -0.3 is 4.74 Å². The van der Waals surface area contributed by atoms with Crippen LogP contribution in [0, 0.1) is 6.92 Å². The standard InChI is InChI=1S/C23H26OS/c1-18-15-22(25-17-18)23(2,3)14-8-10-19-9-7-13-21(16-19)24-20-11-5-4-6-12-20/h4-7,9,11-13,15-17H,8,10,14H2,1-3H3. The highest BCUT2D eigenvalue weighted by atomic mass is 32.1. The fraction of sp³-hybridized carbons (Fsp3) is 0.304. The number of hydrogen-bond acceptors (Lipinski definition) is 2. The number of aryl methyl sites for hydroxylation is 2. The van der Waals surface area contributed by atoms with E-state index in [9.17, 15) is 0 Å². The van der Waals surface area contributed by atoms with Gasteiger partial charge in [-0.2, -0.15) is 0 Å². The van der Waals surface area contributed by atoms with Crippen molar-refractivity contribution < 1.29 is 4.74 Å². The minimum atomic E-state index is 0.247. The molecule has 0 saturated carbocycles. The second-order valence-electron chi connectivity index (χ2n) is 7.29. The molecule has 0 N–H and O–H groups in total. The molecule has 2 heteroatoms. The van der Waals surface area contributed by atoms with E-state index >= 15 is 0 Å². The minimum Gasteiger partial charge on any atom is -0.457 e. The van der Waals surface area contributed by atoms with Crippen LogP contribution in [0.15, 0.2) is 66.0 Å². The Morgan fingerprint density at radius 1 is 0.920 bits per heavy atom. The normalized spacial score (nSPS) is 11.5. The molecule has 0 spiro atoms. The third-order valence-electron chi connectivity index (χ3n) is 4.54. The molecule has 1 heterocycles. The summed E-state index contributed by atoms with van der Waals surface area (Å²) in [5.41, 5.74) is 2.96. The zero-order valence-electron chi connectivity index (χ0n) is 15.3. The summed E-state index contributed by atoms with van der Waals surface area (Å²) in [5.74, 6) is 1.80. The second-order valence-corrected chi connectivity index (χ2v) is 8.20. The number of para-hydroxylation sites is 1. The molecular formula is C23H26OS. The van der Waals surface area contributed by atoms with E-state index in [2.05, 4.69) is 50.4 Å². The zero-order valence-corrected chi connectivity index (χ0v) is 16.1. The summed E-state index contributed by atoms with van der Waals surface area (Å²) in [4.78, 5) is 1.49. The van der Waals surface area contributed by atoms with Gasteiger partial charge in [0.15, 0.2) is 0 Å². The zero-order chi connectivity index (χ0) is 17.7. The molecule has 2 aromatic carbocycles. The Hall–Kier alpha value is -2.06. The van der Waals surface area contributed by atoms with Crippen LogP contribution in [-0.4, -0.2) is 0 Å². The second kappa shape index (κ2) is 7.88. The van der Waals surface area contributed by atoms with Crippen LogP contribution in [0.4, 0.5) is 0 Å². The van der Waals surface area contributed by atoms with E-state index in [1.54, 1.807) is 0 Å². The van der Waals surface area contributed by atoms with Crippen molar-refractivity contribution >= 4 is 11.3 Å². The van der Waals surface area contributed by atoms with E-state index in [0.29, 0.717) is 0 Å². The first kappa shape index (κ1) is 17.8. The van der Waals surface area contributed by atoms with E-state index in [-0.39, 0.29) is 5.41 Å². The lowest BCUT2D eigenvalue weighted by Gasteiger charge is -2.23. The van der Waals surface area contributed by atoms with Gasteiger partial charge in [-0.1, -0.05) is 44.2 Å². The molecule has 3 aromatic rings. The van der Waals surface area contributed by atoms with Crippen molar-refractivity contribution in [3.63, 3.8) is 0 Å². The van der Waals surface area contributed by atoms with Crippen molar-refractivity contribution in [3.05, 3.63) is 82.0 Å². The van der Waals surface area contributed by atoms with E-state index in [1.165, 1.54) is 28.8 Å². The van der Waals surface area contributed by atoms with Gasteiger partial charge in [0.2, 0.25) is 0 Å². The van der Waals surface area contributed by atoms with Gasteiger partial charge in [-0.25, -0.2) is 0 Å². The number of thiophene rings is 1. The predicted octanol–water partition coefficient (Wildman–Crippen LogP) is 7.15. The SMILES string of the molecule is Cc1csc(C(C)(C)CCCc2cccc(Oc3ccccc3)c2)c1. The third-order valence-corrected chi connectivity index (χ3v) is 5.96. The van der Waals surface area contributed by atoms with Crippen LogP contribution in [0.1, 0.15) is 42.7 Å². The topological polar surface area (TPSA) is 9.23 Å². The molecule has 0 bridgehead atoms. The molecule has 0 aliphatic heterocycles. The van der Waals surface area contributed by atoms with Gasteiger partial charge in [0, 0.05) is 4.88 Å². The summed E-state index contributed by atoms with van der Waals surface area (Å²) >= 11 is 1.89. The van der Waals surface area contributed by atoms with Gasteiger partial charge in [0.05, 0.1) is 0 Å². The highest BCUT2D eigenvalue weighted by Gasteiger charge is 2.21. The van der Waals surface area contributed by atoms with E-state index in [4.69, 9.17) is 4.74 Å². The Labute approximate surface area is 155 Å². The molecule has 25 heavy (non-hydrogen) atoms. The summed E-state index contributed by atoms with van der Waals surface area (Å²) in [7, 11) is 0. The number of benzene rings is 2. The lowest BCUT2D eigenvalue weighted by molar-refractivity contribution is 0.467. The Balaban J connectivity index is 1.57. The van der Waals surface area contributed by atoms with Crippen LogP contribution in [0.2, 0.25) is 0 Å². The van der Waals surface area contributed by atoms with Crippen LogP contribution < -0.4 is 4.74 Å². The summed E-state index contributed by atoms with van der Waals surface area (Å²) < 4.78 is 5.94. The maximum atomic E-state index is 5.94. The Morgan fingerprint density at radius 2 is 1.68 bits per heavy atom. The molecule has 0 unspecified atom stereocenters.